The van der Waals surface area contributed by atoms with Gasteiger partial charge in [-0.2, -0.15) is 0 Å². The van der Waals surface area contributed by atoms with Crippen LogP contribution in [0.5, 0.6) is 0 Å². The molecule has 2 aromatic rings. The molecule has 4 rings (SSSR count). The summed E-state index contributed by atoms with van der Waals surface area (Å²) in [5.74, 6) is 0.589. The van der Waals surface area contributed by atoms with Crippen LogP contribution in [0, 0.1) is 0 Å². The van der Waals surface area contributed by atoms with Crippen LogP contribution < -0.4 is 11.1 Å². The van der Waals surface area contributed by atoms with Crippen molar-refractivity contribution in [2.45, 2.75) is 30.8 Å². The lowest BCUT2D eigenvalue weighted by molar-refractivity contribution is 0.316. The van der Waals surface area contributed by atoms with E-state index in [1.165, 1.54) is 22.0 Å². The van der Waals surface area contributed by atoms with Gasteiger partial charge in [0.05, 0.1) is 0 Å². The smallest absolute Gasteiger partial charge is 0.0459 e. The number of fused-ring (bicyclic) bond motifs is 2. The van der Waals surface area contributed by atoms with E-state index in [0.29, 0.717) is 18.0 Å². The van der Waals surface area contributed by atoms with E-state index in [1.807, 2.05) is 0 Å². The summed E-state index contributed by atoms with van der Waals surface area (Å²) >= 11 is 0. The van der Waals surface area contributed by atoms with Gasteiger partial charge in [0.2, 0.25) is 0 Å². The Balaban J connectivity index is 1.92. The molecule has 88 valence electrons. The van der Waals surface area contributed by atoms with E-state index in [-0.39, 0.29) is 0 Å². The minimum Gasteiger partial charge on any atom is -0.361 e. The number of aromatic amines is 1. The molecule has 1 aromatic heterocycles. The molecule has 0 bridgehead atoms. The highest BCUT2D eigenvalue weighted by Crippen LogP contribution is 2.40. The van der Waals surface area contributed by atoms with Gasteiger partial charge in [-0.25, -0.2) is 0 Å². The summed E-state index contributed by atoms with van der Waals surface area (Å²) in [5.41, 5.74) is 10.3. The molecular weight excluding hydrogens is 210 g/mol. The summed E-state index contributed by atoms with van der Waals surface area (Å²) < 4.78 is 0. The Morgan fingerprint density at radius 1 is 1.29 bits per heavy atom. The maximum atomic E-state index is 6.09. The number of benzene rings is 1. The van der Waals surface area contributed by atoms with Crippen LogP contribution >= 0.6 is 0 Å². The van der Waals surface area contributed by atoms with Crippen molar-refractivity contribution >= 4 is 10.9 Å². The first-order chi connectivity index (χ1) is 8.33. The molecule has 0 radical (unpaired) electrons. The Hall–Kier alpha value is -1.32. The van der Waals surface area contributed by atoms with E-state index in [2.05, 4.69) is 34.7 Å². The first-order valence-corrected chi connectivity index (χ1v) is 6.41. The highest BCUT2D eigenvalue weighted by molar-refractivity contribution is 5.88. The van der Waals surface area contributed by atoms with Crippen LogP contribution in [0.1, 0.15) is 23.5 Å². The lowest BCUT2D eigenvalue weighted by atomic mass is 9.75. The van der Waals surface area contributed by atoms with Crippen molar-refractivity contribution in [3.05, 3.63) is 35.5 Å². The second-order valence-electron chi connectivity index (χ2n) is 5.40. The predicted molar refractivity (Wildman–Crippen MR) is 69.1 cm³/mol. The lowest BCUT2D eigenvalue weighted by Crippen LogP contribution is -2.51. The minimum atomic E-state index is 0.298. The Morgan fingerprint density at radius 3 is 3.18 bits per heavy atom. The van der Waals surface area contributed by atoms with Crippen LogP contribution in [-0.4, -0.2) is 23.6 Å². The van der Waals surface area contributed by atoms with Crippen molar-refractivity contribution in [3.63, 3.8) is 0 Å². The molecule has 2 heterocycles. The van der Waals surface area contributed by atoms with Gasteiger partial charge < -0.3 is 16.0 Å². The summed E-state index contributed by atoms with van der Waals surface area (Å²) in [5, 5.41) is 5.05. The molecule has 1 aliphatic carbocycles. The van der Waals surface area contributed by atoms with Gasteiger partial charge in [-0.1, -0.05) is 12.1 Å². The third-order valence-corrected chi connectivity index (χ3v) is 4.34. The number of piperidine rings is 1. The van der Waals surface area contributed by atoms with Gasteiger partial charge in [0.15, 0.2) is 0 Å². The van der Waals surface area contributed by atoms with Crippen molar-refractivity contribution in [3.8, 4) is 0 Å². The third-order valence-electron chi connectivity index (χ3n) is 4.34. The molecule has 2 aliphatic rings. The van der Waals surface area contributed by atoms with E-state index in [9.17, 15) is 0 Å². The van der Waals surface area contributed by atoms with E-state index >= 15 is 0 Å². The lowest BCUT2D eigenvalue weighted by Gasteiger charge is -2.39. The fraction of sp³-hybridized carbons (Fsp3) is 0.429. The van der Waals surface area contributed by atoms with Gasteiger partial charge in [-0.15, -0.1) is 0 Å². The van der Waals surface area contributed by atoms with Gasteiger partial charge in [0, 0.05) is 41.6 Å². The Bertz CT molecular complexity index is 572. The average Bonchev–Trinajstić information content (AvgIpc) is 2.75. The molecule has 1 fully saturated rings. The maximum absolute atomic E-state index is 6.09. The van der Waals surface area contributed by atoms with Gasteiger partial charge in [0.1, 0.15) is 0 Å². The second kappa shape index (κ2) is 3.34. The second-order valence-corrected chi connectivity index (χ2v) is 5.40. The first kappa shape index (κ1) is 9.68. The van der Waals surface area contributed by atoms with Gasteiger partial charge >= 0.3 is 0 Å². The molecule has 0 amide bonds. The fourth-order valence-corrected chi connectivity index (χ4v) is 3.57. The Labute approximate surface area is 100 Å². The molecular formula is C14H17N3. The first-order valence-electron chi connectivity index (χ1n) is 6.41. The van der Waals surface area contributed by atoms with Crippen LogP contribution in [0.15, 0.2) is 24.4 Å². The average molecular weight is 227 g/mol. The predicted octanol–water partition coefficient (Wildman–Crippen LogP) is 1.50. The standard InChI is InChI=1S/C14H17N3/c15-9-5-11-10-2-1-3-12-14(10)8(6-16-12)4-13(11)17-7-9/h1-3,6,9,11,13,16-17H,4-5,7,15H2/t9?,11?,13-/m1/s1. The molecule has 3 heteroatoms. The van der Waals surface area contributed by atoms with E-state index in [1.54, 1.807) is 0 Å². The minimum absolute atomic E-state index is 0.298. The molecule has 0 saturated carbocycles. The molecule has 4 N–H and O–H groups in total. The van der Waals surface area contributed by atoms with Crippen molar-refractivity contribution in [2.75, 3.05) is 6.54 Å². The summed E-state index contributed by atoms with van der Waals surface area (Å²) in [7, 11) is 0. The molecule has 3 atom stereocenters. The van der Waals surface area contributed by atoms with Crippen LogP contribution in [-0.2, 0) is 6.42 Å². The molecule has 0 spiro atoms. The normalized spacial score (nSPS) is 31.5. The monoisotopic (exact) mass is 227 g/mol. The van der Waals surface area contributed by atoms with E-state index < -0.39 is 0 Å². The summed E-state index contributed by atoms with van der Waals surface area (Å²) in [6, 6.07) is 7.46. The quantitative estimate of drug-likeness (QED) is 0.639. The van der Waals surface area contributed by atoms with Crippen molar-refractivity contribution in [1.29, 1.82) is 0 Å². The van der Waals surface area contributed by atoms with Crippen LogP contribution in [0.3, 0.4) is 0 Å². The molecule has 2 unspecified atom stereocenters. The van der Waals surface area contributed by atoms with Crippen molar-refractivity contribution in [1.82, 2.24) is 10.3 Å². The highest BCUT2D eigenvalue weighted by atomic mass is 15.0. The number of hydrogen-bond acceptors (Lipinski definition) is 2. The zero-order valence-corrected chi connectivity index (χ0v) is 9.74. The Kier molecular flexibility index (Phi) is 1.90. The Morgan fingerprint density at radius 2 is 2.24 bits per heavy atom. The summed E-state index contributed by atoms with van der Waals surface area (Å²) in [6.07, 6.45) is 4.41. The SMILES string of the molecule is NC1CN[C@@H]2Cc3c[nH]c4cccc(c34)C2C1. The molecule has 1 aromatic carbocycles. The largest absolute Gasteiger partial charge is 0.361 e. The topological polar surface area (TPSA) is 53.8 Å². The zero-order valence-electron chi connectivity index (χ0n) is 9.74. The van der Waals surface area contributed by atoms with E-state index in [0.717, 1.165) is 19.4 Å². The van der Waals surface area contributed by atoms with Crippen LogP contribution in [0.2, 0.25) is 0 Å². The highest BCUT2D eigenvalue weighted by Gasteiger charge is 2.34. The maximum Gasteiger partial charge on any atom is 0.0459 e. The van der Waals surface area contributed by atoms with Crippen LogP contribution in [0.25, 0.3) is 10.9 Å². The number of hydrogen-bond donors (Lipinski definition) is 3. The van der Waals surface area contributed by atoms with Gasteiger partial charge in [0.25, 0.3) is 0 Å². The van der Waals surface area contributed by atoms with Crippen molar-refractivity contribution < 1.29 is 0 Å². The number of nitrogens with two attached hydrogens (primary N) is 1. The summed E-state index contributed by atoms with van der Waals surface area (Å²) in [4.78, 5) is 3.38. The third kappa shape index (κ3) is 1.30. The van der Waals surface area contributed by atoms with E-state index in [4.69, 9.17) is 5.73 Å². The number of rotatable bonds is 0. The molecule has 17 heavy (non-hydrogen) atoms. The fourth-order valence-electron chi connectivity index (χ4n) is 3.57. The number of nitrogens with one attached hydrogen (secondary N) is 2. The summed E-state index contributed by atoms with van der Waals surface area (Å²) in [6.45, 7) is 0.955. The molecule has 1 saturated heterocycles. The van der Waals surface area contributed by atoms with Crippen molar-refractivity contribution in [2.24, 2.45) is 5.73 Å². The molecule has 3 nitrogen and oxygen atoms in total. The van der Waals surface area contributed by atoms with Crippen LogP contribution in [0.4, 0.5) is 0 Å². The number of H-pyrrole nitrogens is 1. The zero-order chi connectivity index (χ0) is 11.4. The molecule has 1 aliphatic heterocycles. The van der Waals surface area contributed by atoms with Gasteiger partial charge in [-0.05, 0) is 30.0 Å². The number of aromatic nitrogens is 1. The van der Waals surface area contributed by atoms with Gasteiger partial charge in [-0.3, -0.25) is 0 Å².